The van der Waals surface area contributed by atoms with Crippen molar-refractivity contribution in [3.8, 4) is 34.6 Å². The van der Waals surface area contributed by atoms with Gasteiger partial charge in [0.15, 0.2) is 0 Å². The average molecular weight is 921 g/mol. The largest absolute Gasteiger partial charge is 0.309 e. The van der Waals surface area contributed by atoms with E-state index < -0.39 is 0 Å². The molecule has 0 saturated heterocycles. The van der Waals surface area contributed by atoms with Crippen LogP contribution in [-0.2, 0) is 5.41 Å². The van der Waals surface area contributed by atoms with Crippen molar-refractivity contribution in [3.05, 3.63) is 187 Å². The Balaban J connectivity index is 1.07. The molecule has 0 bridgehead atoms. The molecule has 12 aromatic rings. The number of hydrogen-bond acceptors (Lipinski definition) is 5. The molecule has 0 atom stereocenters. The van der Waals surface area contributed by atoms with Crippen molar-refractivity contribution in [3.63, 3.8) is 0 Å². The van der Waals surface area contributed by atoms with Gasteiger partial charge in [-0.3, -0.25) is 0 Å². The number of para-hydroxylation sites is 2. The molecule has 0 fully saturated rings. The number of nitrogens with zero attached hydrogens (tertiary/aromatic N) is 4. The van der Waals surface area contributed by atoms with Gasteiger partial charge in [0.25, 0.3) is 0 Å². The summed E-state index contributed by atoms with van der Waals surface area (Å²) >= 11 is 5.73. The Kier molecular flexibility index (Phi) is 8.48. The van der Waals surface area contributed by atoms with Gasteiger partial charge in [0.2, 0.25) is 6.71 Å². The molecule has 318 valence electrons. The van der Waals surface area contributed by atoms with Gasteiger partial charge < -0.3 is 9.13 Å². The van der Waals surface area contributed by atoms with Gasteiger partial charge in [-0.1, -0.05) is 135 Å². The first kappa shape index (κ1) is 39.7. The number of hydrogen-bond donors (Lipinski definition) is 0. The SMILES string of the molecule is CC(C)(C)c1ccccc1-c1cc2c3c(c1)Sc1cc(-n4c5ccccc5c5cc(C#N)ccc54)c4c(sc5ccccc54)c1B3c1ccc(-n3c4ccccc4c4cc(C#N)ccc43)cc1S2. The molecule has 3 aromatic heterocycles. The van der Waals surface area contributed by atoms with Gasteiger partial charge in [-0.2, -0.15) is 10.5 Å². The first-order valence-corrected chi connectivity index (χ1v) is 25.3. The van der Waals surface area contributed by atoms with Crippen LogP contribution in [0.3, 0.4) is 0 Å². The highest BCUT2D eigenvalue weighted by molar-refractivity contribution is 8.01. The quantitative estimate of drug-likeness (QED) is 0.166. The second kappa shape index (κ2) is 14.5. The molecular weight excluding hydrogens is 884 g/mol. The maximum Gasteiger partial charge on any atom is 0.248 e. The molecule has 0 saturated carbocycles. The summed E-state index contributed by atoms with van der Waals surface area (Å²) in [6.45, 7) is 6.92. The van der Waals surface area contributed by atoms with Gasteiger partial charge in [0, 0.05) is 67.0 Å². The standard InChI is InChI=1S/C60H37BN4S3/c1-60(2,3)44-16-8-4-12-38(44)36-28-53-57-54(29-36)67-55-31-50(65-47-18-10-6-14-40(47)43-27-35(33-63)21-25-49(43)65)56-41-15-7-11-19-51(41)68-59(56)58(55)61(57)45-23-22-37(30-52(45)66-53)64-46-17-9-5-13-39(46)42-26-34(32-62)20-24-48(42)64/h4-31H,1-3H3. The van der Waals surface area contributed by atoms with E-state index in [2.05, 4.69) is 188 Å². The van der Waals surface area contributed by atoms with Crippen molar-refractivity contribution < 1.29 is 0 Å². The van der Waals surface area contributed by atoms with Crippen molar-refractivity contribution in [2.24, 2.45) is 0 Å². The van der Waals surface area contributed by atoms with Crippen LogP contribution < -0.4 is 16.4 Å². The lowest BCUT2D eigenvalue weighted by Crippen LogP contribution is -2.58. The first-order valence-electron chi connectivity index (χ1n) is 22.9. The molecule has 0 aliphatic carbocycles. The molecule has 0 spiro atoms. The van der Waals surface area contributed by atoms with Gasteiger partial charge in [0.1, 0.15) is 0 Å². The monoisotopic (exact) mass is 920 g/mol. The summed E-state index contributed by atoms with van der Waals surface area (Å²) in [5, 5.41) is 26.9. The number of benzene rings is 9. The molecule has 68 heavy (non-hydrogen) atoms. The fourth-order valence-electron chi connectivity index (χ4n) is 11.3. The molecule has 0 amide bonds. The highest BCUT2D eigenvalue weighted by Crippen LogP contribution is 2.48. The van der Waals surface area contributed by atoms with E-state index in [0.717, 1.165) is 55.0 Å². The maximum atomic E-state index is 10.0. The summed E-state index contributed by atoms with van der Waals surface area (Å²) < 4.78 is 7.40. The Morgan fingerprint density at radius 1 is 0.500 bits per heavy atom. The smallest absolute Gasteiger partial charge is 0.248 e. The minimum absolute atomic E-state index is 0.00857. The van der Waals surface area contributed by atoms with Crippen LogP contribution in [-0.4, -0.2) is 15.8 Å². The topological polar surface area (TPSA) is 57.4 Å². The molecule has 14 rings (SSSR count). The molecule has 0 radical (unpaired) electrons. The Morgan fingerprint density at radius 3 is 1.76 bits per heavy atom. The number of fused-ring (bicyclic) bond motifs is 14. The summed E-state index contributed by atoms with van der Waals surface area (Å²) in [4.78, 5) is 5.10. The average Bonchev–Trinajstić information content (AvgIpc) is 4.03. The zero-order valence-electron chi connectivity index (χ0n) is 37.3. The van der Waals surface area contributed by atoms with Gasteiger partial charge in [0.05, 0.1) is 51.0 Å². The van der Waals surface area contributed by atoms with Crippen molar-refractivity contribution in [2.45, 2.75) is 45.8 Å². The molecule has 0 N–H and O–H groups in total. The lowest BCUT2D eigenvalue weighted by Gasteiger charge is -2.34. The highest BCUT2D eigenvalue weighted by atomic mass is 32.2. The van der Waals surface area contributed by atoms with E-state index in [1.54, 1.807) is 0 Å². The van der Waals surface area contributed by atoms with Gasteiger partial charge in [-0.15, -0.1) is 11.3 Å². The van der Waals surface area contributed by atoms with E-state index in [1.807, 2.05) is 59.1 Å². The lowest BCUT2D eigenvalue weighted by atomic mass is 9.36. The summed E-state index contributed by atoms with van der Waals surface area (Å²) in [6.07, 6.45) is 0. The highest BCUT2D eigenvalue weighted by Gasteiger charge is 2.41. The van der Waals surface area contributed by atoms with Crippen molar-refractivity contribution in [2.75, 3.05) is 0 Å². The zero-order valence-corrected chi connectivity index (χ0v) is 39.7. The summed E-state index contributed by atoms with van der Waals surface area (Å²) in [6, 6.07) is 66.5. The Morgan fingerprint density at radius 2 is 1.07 bits per heavy atom. The second-order valence-electron chi connectivity index (χ2n) is 19.0. The van der Waals surface area contributed by atoms with Crippen LogP contribution in [0.15, 0.2) is 189 Å². The third-order valence-corrected chi connectivity index (χ3v) is 17.7. The third kappa shape index (κ3) is 5.63. The maximum absolute atomic E-state index is 10.0. The third-order valence-electron chi connectivity index (χ3n) is 14.2. The van der Waals surface area contributed by atoms with Crippen LogP contribution in [0.25, 0.3) is 86.3 Å². The summed E-state index contributed by atoms with van der Waals surface area (Å²) in [5.41, 5.74) is 15.9. The minimum Gasteiger partial charge on any atom is -0.309 e. The predicted octanol–water partition coefficient (Wildman–Crippen LogP) is 14.4. The normalized spacial score (nSPS) is 13.0. The van der Waals surface area contributed by atoms with Crippen LogP contribution in [0, 0.1) is 22.7 Å². The van der Waals surface area contributed by atoms with E-state index in [4.69, 9.17) is 0 Å². The van der Waals surface area contributed by atoms with Crippen LogP contribution in [0.4, 0.5) is 0 Å². The Bertz CT molecular complexity index is 4290. The zero-order chi connectivity index (χ0) is 45.6. The van der Waals surface area contributed by atoms with Crippen molar-refractivity contribution in [1.82, 2.24) is 9.13 Å². The number of thiophene rings is 1. The van der Waals surface area contributed by atoms with E-state index >= 15 is 0 Å². The lowest BCUT2D eigenvalue weighted by molar-refractivity contribution is 0.592. The Hall–Kier alpha value is -7.46. The molecule has 2 aliphatic rings. The molecule has 8 heteroatoms. The van der Waals surface area contributed by atoms with Crippen molar-refractivity contribution >= 4 is 122 Å². The molecule has 4 nitrogen and oxygen atoms in total. The van der Waals surface area contributed by atoms with Crippen LogP contribution in [0.1, 0.15) is 37.5 Å². The van der Waals surface area contributed by atoms with Crippen molar-refractivity contribution in [1.29, 1.82) is 10.5 Å². The van der Waals surface area contributed by atoms with E-state index in [9.17, 15) is 10.5 Å². The number of nitriles is 2. The molecule has 2 aliphatic heterocycles. The molecule has 0 unspecified atom stereocenters. The van der Waals surface area contributed by atoms with E-state index in [1.165, 1.54) is 72.8 Å². The van der Waals surface area contributed by atoms with Gasteiger partial charge in [-0.25, -0.2) is 0 Å². The second-order valence-corrected chi connectivity index (χ2v) is 22.3. The van der Waals surface area contributed by atoms with Crippen LogP contribution in [0.2, 0.25) is 0 Å². The first-order chi connectivity index (χ1) is 33.2. The molecular formula is C60H37BN4S3. The van der Waals surface area contributed by atoms with Crippen LogP contribution in [0.5, 0.6) is 0 Å². The number of aromatic nitrogens is 2. The van der Waals surface area contributed by atoms with Gasteiger partial charge >= 0.3 is 0 Å². The number of rotatable bonds is 3. The predicted molar refractivity (Wildman–Crippen MR) is 287 cm³/mol. The summed E-state index contributed by atoms with van der Waals surface area (Å²) in [5.74, 6) is 0. The summed E-state index contributed by atoms with van der Waals surface area (Å²) in [7, 11) is 0. The fraction of sp³-hybridized carbons (Fsp3) is 0.0667. The molecule has 5 heterocycles. The van der Waals surface area contributed by atoms with Crippen LogP contribution >= 0.6 is 34.9 Å². The Labute approximate surface area is 405 Å². The van der Waals surface area contributed by atoms with E-state index in [0.29, 0.717) is 11.1 Å². The fourth-order valence-corrected chi connectivity index (χ4v) is 15.2. The van der Waals surface area contributed by atoms with Gasteiger partial charge in [-0.05, 0) is 118 Å². The minimum atomic E-state index is -0.0467. The molecule has 9 aromatic carbocycles. The van der Waals surface area contributed by atoms with E-state index in [-0.39, 0.29) is 12.1 Å².